The number of hydrogen-bond donors (Lipinski definition) is 1. The Labute approximate surface area is 99.5 Å². The molecule has 0 radical (unpaired) electrons. The minimum absolute atomic E-state index is 0.241. The zero-order chi connectivity index (χ0) is 11.4. The number of piperidine rings is 1. The molecule has 2 rings (SSSR count). The quantitative estimate of drug-likeness (QED) is 0.788. The lowest BCUT2D eigenvalue weighted by atomic mass is 9.82. The highest BCUT2D eigenvalue weighted by Crippen LogP contribution is 2.32. The smallest absolute Gasteiger partial charge is 0.0659 e. The van der Waals surface area contributed by atoms with E-state index in [1.165, 1.54) is 45.2 Å². The van der Waals surface area contributed by atoms with E-state index in [-0.39, 0.29) is 5.54 Å². The van der Waals surface area contributed by atoms with Crippen molar-refractivity contribution in [1.29, 1.82) is 0 Å². The third kappa shape index (κ3) is 2.27. The van der Waals surface area contributed by atoms with Crippen LogP contribution in [0.2, 0.25) is 0 Å². The molecular weight excluding hydrogens is 200 g/mol. The van der Waals surface area contributed by atoms with Gasteiger partial charge in [-0.15, -0.1) is 0 Å². The average Bonchev–Trinajstić information content (AvgIpc) is 2.79. The van der Waals surface area contributed by atoms with Crippen LogP contribution in [0.1, 0.15) is 39.0 Å². The molecule has 16 heavy (non-hydrogen) atoms. The normalized spacial score (nSPS) is 36.8. The van der Waals surface area contributed by atoms with Gasteiger partial charge in [-0.3, -0.25) is 4.90 Å². The maximum atomic E-state index is 5.49. The number of nitrogens with one attached hydrogen (secondary N) is 1. The van der Waals surface area contributed by atoms with Crippen LogP contribution < -0.4 is 5.32 Å². The van der Waals surface area contributed by atoms with Crippen LogP contribution in [0.5, 0.6) is 0 Å². The molecule has 94 valence electrons. The first-order valence-corrected chi connectivity index (χ1v) is 6.80. The molecule has 2 unspecified atom stereocenters. The summed E-state index contributed by atoms with van der Waals surface area (Å²) in [6, 6.07) is 0.689. The largest absolute Gasteiger partial charge is 0.383 e. The van der Waals surface area contributed by atoms with Crippen molar-refractivity contribution in [3.05, 3.63) is 0 Å². The van der Waals surface area contributed by atoms with E-state index in [0.717, 1.165) is 13.2 Å². The summed E-state index contributed by atoms with van der Waals surface area (Å²) < 4.78 is 5.49. The Morgan fingerprint density at radius 3 is 2.88 bits per heavy atom. The van der Waals surface area contributed by atoms with Gasteiger partial charge in [-0.25, -0.2) is 0 Å². The Kier molecular flexibility index (Phi) is 4.22. The van der Waals surface area contributed by atoms with Crippen LogP contribution in [0, 0.1) is 0 Å². The molecule has 3 nitrogen and oxygen atoms in total. The van der Waals surface area contributed by atoms with Gasteiger partial charge in [0.05, 0.1) is 12.1 Å². The van der Waals surface area contributed by atoms with Crippen LogP contribution >= 0.6 is 0 Å². The maximum absolute atomic E-state index is 5.49. The SMILES string of the molecule is CCN1CCCCC1C1(COC)CCCN1. The fourth-order valence-electron chi connectivity index (χ4n) is 3.59. The predicted octanol–water partition coefficient (Wildman–Crippen LogP) is 1.63. The van der Waals surface area contributed by atoms with Crippen molar-refractivity contribution in [3.8, 4) is 0 Å². The second kappa shape index (κ2) is 5.48. The van der Waals surface area contributed by atoms with Crippen molar-refractivity contribution in [1.82, 2.24) is 10.2 Å². The first-order valence-electron chi connectivity index (χ1n) is 6.80. The van der Waals surface area contributed by atoms with E-state index in [4.69, 9.17) is 4.74 Å². The molecule has 0 aliphatic carbocycles. The van der Waals surface area contributed by atoms with Crippen LogP contribution in [0.15, 0.2) is 0 Å². The second-order valence-corrected chi connectivity index (χ2v) is 5.26. The van der Waals surface area contributed by atoms with Crippen molar-refractivity contribution < 1.29 is 4.74 Å². The molecule has 0 saturated carbocycles. The summed E-state index contributed by atoms with van der Waals surface area (Å²) in [5, 5.41) is 3.74. The number of rotatable bonds is 4. The Balaban J connectivity index is 2.10. The number of likely N-dealkylation sites (N-methyl/N-ethyl adjacent to an activating group) is 1. The zero-order valence-electron chi connectivity index (χ0n) is 10.8. The van der Waals surface area contributed by atoms with Crippen LogP contribution in [0.3, 0.4) is 0 Å². The lowest BCUT2D eigenvalue weighted by Gasteiger charge is -2.46. The minimum Gasteiger partial charge on any atom is -0.383 e. The van der Waals surface area contributed by atoms with Gasteiger partial charge < -0.3 is 10.1 Å². The van der Waals surface area contributed by atoms with E-state index in [2.05, 4.69) is 17.1 Å². The molecule has 0 amide bonds. The Hall–Kier alpha value is -0.120. The lowest BCUT2D eigenvalue weighted by Crippen LogP contribution is -2.61. The van der Waals surface area contributed by atoms with E-state index in [1.807, 2.05) is 7.11 Å². The van der Waals surface area contributed by atoms with Crippen LogP contribution in [-0.2, 0) is 4.74 Å². The summed E-state index contributed by atoms with van der Waals surface area (Å²) in [6.45, 7) is 6.77. The van der Waals surface area contributed by atoms with Crippen LogP contribution in [0.4, 0.5) is 0 Å². The Morgan fingerprint density at radius 2 is 2.25 bits per heavy atom. The molecule has 2 saturated heterocycles. The van der Waals surface area contributed by atoms with Gasteiger partial charge in [-0.2, -0.15) is 0 Å². The standard InChI is InChI=1S/C13H26N2O/c1-3-15-10-5-4-7-12(15)13(11-16-2)8-6-9-14-13/h12,14H,3-11H2,1-2H3. The second-order valence-electron chi connectivity index (χ2n) is 5.26. The third-order valence-electron chi connectivity index (χ3n) is 4.34. The summed E-state index contributed by atoms with van der Waals surface area (Å²) in [6.07, 6.45) is 6.67. The topological polar surface area (TPSA) is 24.5 Å². The van der Waals surface area contributed by atoms with Crippen LogP contribution in [-0.4, -0.2) is 49.8 Å². The van der Waals surface area contributed by atoms with Gasteiger partial charge >= 0.3 is 0 Å². The van der Waals surface area contributed by atoms with E-state index in [9.17, 15) is 0 Å². The zero-order valence-corrected chi connectivity index (χ0v) is 10.8. The summed E-state index contributed by atoms with van der Waals surface area (Å²) in [4.78, 5) is 2.65. The first-order chi connectivity index (χ1) is 7.82. The Morgan fingerprint density at radius 1 is 1.38 bits per heavy atom. The predicted molar refractivity (Wildman–Crippen MR) is 66.7 cm³/mol. The summed E-state index contributed by atoms with van der Waals surface area (Å²) in [5.41, 5.74) is 0.241. The lowest BCUT2D eigenvalue weighted by molar-refractivity contribution is 0.0222. The van der Waals surface area contributed by atoms with Crippen molar-refractivity contribution in [2.45, 2.75) is 50.6 Å². The van der Waals surface area contributed by atoms with Gasteiger partial charge in [0.25, 0.3) is 0 Å². The number of methoxy groups -OCH3 is 1. The minimum atomic E-state index is 0.241. The highest BCUT2D eigenvalue weighted by atomic mass is 16.5. The number of ether oxygens (including phenoxy) is 1. The van der Waals surface area contributed by atoms with E-state index < -0.39 is 0 Å². The van der Waals surface area contributed by atoms with Gasteiger partial charge in [-0.1, -0.05) is 13.3 Å². The van der Waals surface area contributed by atoms with Crippen molar-refractivity contribution in [2.75, 3.05) is 33.4 Å². The monoisotopic (exact) mass is 226 g/mol. The van der Waals surface area contributed by atoms with Gasteiger partial charge in [-0.05, 0) is 45.3 Å². The molecule has 2 fully saturated rings. The van der Waals surface area contributed by atoms with Gasteiger partial charge in [0.15, 0.2) is 0 Å². The van der Waals surface area contributed by atoms with Crippen molar-refractivity contribution in [2.24, 2.45) is 0 Å². The fourth-order valence-corrected chi connectivity index (χ4v) is 3.59. The number of hydrogen-bond acceptors (Lipinski definition) is 3. The van der Waals surface area contributed by atoms with E-state index in [0.29, 0.717) is 6.04 Å². The Bertz CT molecular complexity index is 214. The number of nitrogens with zero attached hydrogens (tertiary/aromatic N) is 1. The summed E-state index contributed by atoms with van der Waals surface area (Å²) in [7, 11) is 1.83. The molecule has 2 aliphatic rings. The third-order valence-corrected chi connectivity index (χ3v) is 4.34. The molecule has 0 bridgehead atoms. The van der Waals surface area contributed by atoms with E-state index >= 15 is 0 Å². The average molecular weight is 226 g/mol. The maximum Gasteiger partial charge on any atom is 0.0659 e. The highest BCUT2D eigenvalue weighted by molar-refractivity contribution is 5.04. The van der Waals surface area contributed by atoms with Gasteiger partial charge in [0, 0.05) is 13.2 Å². The fraction of sp³-hybridized carbons (Fsp3) is 1.00. The first kappa shape index (κ1) is 12.3. The number of likely N-dealkylation sites (tertiary alicyclic amines) is 1. The van der Waals surface area contributed by atoms with E-state index in [1.54, 1.807) is 0 Å². The molecule has 2 aliphatic heterocycles. The summed E-state index contributed by atoms with van der Waals surface area (Å²) in [5.74, 6) is 0. The molecule has 0 aromatic carbocycles. The molecular formula is C13H26N2O. The molecule has 0 aromatic heterocycles. The van der Waals surface area contributed by atoms with Crippen LogP contribution in [0.25, 0.3) is 0 Å². The molecule has 2 heterocycles. The van der Waals surface area contributed by atoms with Gasteiger partial charge in [0.2, 0.25) is 0 Å². The van der Waals surface area contributed by atoms with Crippen molar-refractivity contribution >= 4 is 0 Å². The van der Waals surface area contributed by atoms with Crippen molar-refractivity contribution in [3.63, 3.8) is 0 Å². The molecule has 2 atom stereocenters. The summed E-state index contributed by atoms with van der Waals surface area (Å²) >= 11 is 0. The molecule has 0 aromatic rings. The highest BCUT2D eigenvalue weighted by Gasteiger charge is 2.44. The molecule has 3 heteroatoms. The molecule has 1 N–H and O–H groups in total. The molecule has 0 spiro atoms. The van der Waals surface area contributed by atoms with Gasteiger partial charge in [0.1, 0.15) is 0 Å².